The zero-order valence-corrected chi connectivity index (χ0v) is 28.7. The average molecular weight is 583 g/mol. The van der Waals surface area contributed by atoms with Gasteiger partial charge >= 0.3 is 0 Å². The highest BCUT2D eigenvalue weighted by Gasteiger charge is 2.81. The second kappa shape index (κ2) is 11.2. The van der Waals surface area contributed by atoms with Crippen molar-refractivity contribution in [2.45, 2.75) is 146 Å². The largest absolute Gasteiger partial charge is 0.356 e. The van der Waals surface area contributed by atoms with E-state index in [1.807, 2.05) is 20.8 Å². The van der Waals surface area contributed by atoms with Gasteiger partial charge in [0.2, 0.25) is 11.5 Å². The van der Waals surface area contributed by atoms with Gasteiger partial charge in [-0.3, -0.25) is 14.4 Å². The van der Waals surface area contributed by atoms with E-state index in [4.69, 9.17) is 4.74 Å². The van der Waals surface area contributed by atoms with Crippen LogP contribution < -0.4 is 5.32 Å². The molecule has 0 radical (unpaired) electrons. The monoisotopic (exact) mass is 582 g/mol. The maximum atomic E-state index is 13.6. The molecule has 0 spiro atoms. The van der Waals surface area contributed by atoms with E-state index in [0.717, 1.165) is 56.9 Å². The van der Waals surface area contributed by atoms with Crippen LogP contribution in [0.1, 0.15) is 134 Å². The first-order chi connectivity index (χ1) is 19.1. The molecular formula is C36H58N2O4. The number of rotatable bonds is 12. The summed E-state index contributed by atoms with van der Waals surface area (Å²) >= 11 is 0. The van der Waals surface area contributed by atoms with Gasteiger partial charge in [-0.25, -0.2) is 0 Å². The molecule has 6 heteroatoms. The van der Waals surface area contributed by atoms with E-state index in [1.54, 1.807) is 13.0 Å². The summed E-state index contributed by atoms with van der Waals surface area (Å²) in [5.41, 5.74) is -2.80. The maximum absolute atomic E-state index is 13.6. The van der Waals surface area contributed by atoms with Crippen LogP contribution in [0.15, 0.2) is 11.6 Å². The van der Waals surface area contributed by atoms with E-state index >= 15 is 0 Å². The molecule has 236 valence electrons. The van der Waals surface area contributed by atoms with Crippen molar-refractivity contribution in [3.8, 4) is 6.07 Å². The lowest BCUT2D eigenvalue weighted by atomic mass is 9.40. The molecule has 3 rings (SSSR count). The third-order valence-electron chi connectivity index (χ3n) is 12.3. The number of carbonyl (C=O) groups is 3. The van der Waals surface area contributed by atoms with Gasteiger partial charge in [0, 0.05) is 22.8 Å². The number of hydrogen-bond acceptors (Lipinski definition) is 5. The molecule has 0 bridgehead atoms. The van der Waals surface area contributed by atoms with Gasteiger partial charge in [0.05, 0.1) is 0 Å². The molecule has 1 saturated heterocycles. The number of allylic oxidation sites excluding steroid dienone is 1. The molecule has 1 amide bonds. The molecule has 1 heterocycles. The normalized spacial score (nSPS) is 34.5. The van der Waals surface area contributed by atoms with E-state index < -0.39 is 33.4 Å². The molecule has 2 saturated carbocycles. The van der Waals surface area contributed by atoms with E-state index in [-0.39, 0.29) is 34.2 Å². The summed E-state index contributed by atoms with van der Waals surface area (Å²) in [6.07, 6.45) is 8.48. The van der Waals surface area contributed by atoms with Crippen molar-refractivity contribution in [3.05, 3.63) is 11.6 Å². The second-order valence-electron chi connectivity index (χ2n) is 16.5. The Morgan fingerprint density at radius 3 is 2.14 bits per heavy atom. The highest BCUT2D eigenvalue weighted by Crippen LogP contribution is 2.73. The lowest BCUT2D eigenvalue weighted by molar-refractivity contribution is -0.142. The Balaban J connectivity index is 2.02. The molecule has 0 aromatic carbocycles. The van der Waals surface area contributed by atoms with Crippen LogP contribution in [0.5, 0.6) is 0 Å². The Hall–Kier alpha value is -2.00. The van der Waals surface area contributed by atoms with Crippen LogP contribution in [0.3, 0.4) is 0 Å². The molecule has 42 heavy (non-hydrogen) atoms. The van der Waals surface area contributed by atoms with Gasteiger partial charge in [0.1, 0.15) is 12.2 Å². The van der Waals surface area contributed by atoms with Crippen molar-refractivity contribution in [2.75, 3.05) is 6.54 Å². The molecular weight excluding hydrogens is 524 g/mol. The molecule has 3 fully saturated rings. The Kier molecular flexibility index (Phi) is 9.17. The summed E-state index contributed by atoms with van der Waals surface area (Å²) in [5, 5.41) is 13.3. The highest BCUT2D eigenvalue weighted by molar-refractivity contribution is 6.00. The van der Waals surface area contributed by atoms with Gasteiger partial charge < -0.3 is 10.1 Å². The quantitative estimate of drug-likeness (QED) is 0.187. The zero-order chi connectivity index (χ0) is 32.2. The first-order valence-corrected chi connectivity index (χ1v) is 16.3. The average Bonchev–Trinajstić information content (AvgIpc) is 3.65. The fourth-order valence-corrected chi connectivity index (χ4v) is 8.95. The van der Waals surface area contributed by atoms with Gasteiger partial charge in [0.15, 0.2) is 11.6 Å². The Labute approximate surface area is 255 Å². The number of ketones is 2. The fraction of sp³-hybridized carbons (Fsp3) is 0.833. The molecule has 1 N–H and O–H groups in total. The first kappa shape index (κ1) is 34.5. The Morgan fingerprint density at radius 2 is 1.62 bits per heavy atom. The zero-order valence-electron chi connectivity index (χ0n) is 28.7. The van der Waals surface area contributed by atoms with E-state index in [2.05, 4.69) is 66.8 Å². The molecule has 3 aliphatic rings. The van der Waals surface area contributed by atoms with Crippen LogP contribution in [0.25, 0.3) is 0 Å². The molecule has 0 aromatic rings. The number of ether oxygens (including phenoxy) is 1. The molecule has 6 nitrogen and oxygen atoms in total. The van der Waals surface area contributed by atoms with Crippen molar-refractivity contribution in [2.24, 2.45) is 38.4 Å². The number of fused-ring (bicyclic) bond motifs is 3. The number of carbonyl (C=O) groups excluding carboxylic acids is 3. The van der Waals surface area contributed by atoms with Crippen LogP contribution in [-0.4, -0.2) is 35.7 Å². The molecule has 2 aliphatic carbocycles. The standard InChI is InChI=1S/C36H58N2O4/c1-13-16-30(4,5)18-20-33(10,29(41)38-14-2)21-19-31(6,7)34(11)17-15-25-32(8,9)27(40)36(23-37)28(42-36)35(25,12)26(34)22-24(3)39/h22,25,28H,13-21H2,1-12H3,(H,38,41)/b26-22+/t25-,28+,33-,34+,35-,36-/m0/s1. The van der Waals surface area contributed by atoms with Gasteiger partial charge in [0.25, 0.3) is 0 Å². The summed E-state index contributed by atoms with van der Waals surface area (Å²) in [5.74, 6) is -0.0793. The molecule has 1 aliphatic heterocycles. The predicted octanol–water partition coefficient (Wildman–Crippen LogP) is 7.75. The molecule has 6 atom stereocenters. The smallest absolute Gasteiger partial charge is 0.240 e. The topological polar surface area (TPSA) is 99.6 Å². The van der Waals surface area contributed by atoms with Crippen LogP contribution in [0.4, 0.5) is 0 Å². The van der Waals surface area contributed by atoms with Gasteiger partial charge in [-0.05, 0) is 87.0 Å². The maximum Gasteiger partial charge on any atom is 0.240 e. The number of hydrogen-bond donors (Lipinski definition) is 1. The lowest BCUT2D eigenvalue weighted by Gasteiger charge is -2.61. The third kappa shape index (κ3) is 5.42. The lowest BCUT2D eigenvalue weighted by Crippen LogP contribution is -2.62. The third-order valence-corrected chi connectivity index (χ3v) is 12.3. The Morgan fingerprint density at radius 1 is 1.02 bits per heavy atom. The molecule has 0 unspecified atom stereocenters. The van der Waals surface area contributed by atoms with Gasteiger partial charge in [-0.1, -0.05) is 81.2 Å². The van der Waals surface area contributed by atoms with Crippen LogP contribution in [0, 0.1) is 49.7 Å². The van der Waals surface area contributed by atoms with Crippen molar-refractivity contribution in [1.29, 1.82) is 5.26 Å². The van der Waals surface area contributed by atoms with Gasteiger partial charge in [-0.15, -0.1) is 0 Å². The van der Waals surface area contributed by atoms with Crippen molar-refractivity contribution in [3.63, 3.8) is 0 Å². The van der Waals surface area contributed by atoms with Crippen molar-refractivity contribution in [1.82, 2.24) is 5.32 Å². The van der Waals surface area contributed by atoms with Crippen molar-refractivity contribution >= 4 is 17.5 Å². The number of nitriles is 1. The van der Waals surface area contributed by atoms with E-state index in [0.29, 0.717) is 6.54 Å². The fourth-order valence-electron chi connectivity index (χ4n) is 8.95. The summed E-state index contributed by atoms with van der Waals surface area (Å²) < 4.78 is 6.09. The minimum Gasteiger partial charge on any atom is -0.356 e. The number of nitrogens with one attached hydrogen (secondary N) is 1. The summed E-state index contributed by atoms with van der Waals surface area (Å²) in [6, 6.07) is 2.23. The van der Waals surface area contributed by atoms with Crippen molar-refractivity contribution < 1.29 is 19.1 Å². The second-order valence-corrected chi connectivity index (χ2v) is 16.5. The SMILES string of the molecule is CCCC(C)(C)CC[C@@](C)(CCC(C)(C)[C@]1(C)CC[C@H]2C(C)(C)C(=O)[C@]3(C#N)O[C@@H]3[C@]2(C)/C1=C/C(C)=O)C(=O)NCC. The number of amides is 1. The van der Waals surface area contributed by atoms with Crippen LogP contribution in [0.2, 0.25) is 0 Å². The predicted molar refractivity (Wildman–Crippen MR) is 167 cm³/mol. The van der Waals surface area contributed by atoms with E-state index in [9.17, 15) is 19.6 Å². The summed E-state index contributed by atoms with van der Waals surface area (Å²) in [4.78, 5) is 39.9. The highest BCUT2D eigenvalue weighted by atomic mass is 16.6. The van der Waals surface area contributed by atoms with E-state index in [1.165, 1.54) is 0 Å². The number of Topliss-reactive ketones (excluding diaryl/α,β-unsaturated/α-hetero) is 1. The minimum atomic E-state index is -1.44. The Bertz CT molecular complexity index is 1180. The first-order valence-electron chi connectivity index (χ1n) is 16.3. The number of epoxide rings is 1. The summed E-state index contributed by atoms with van der Waals surface area (Å²) in [6.45, 7) is 25.9. The number of nitrogens with zero attached hydrogens (tertiary/aromatic N) is 1. The summed E-state index contributed by atoms with van der Waals surface area (Å²) in [7, 11) is 0. The molecule has 0 aromatic heterocycles. The minimum absolute atomic E-state index is 0.0304. The van der Waals surface area contributed by atoms with Gasteiger partial charge in [-0.2, -0.15) is 5.26 Å². The van der Waals surface area contributed by atoms with Crippen LogP contribution in [-0.2, 0) is 19.1 Å². The van der Waals surface area contributed by atoms with Crippen LogP contribution >= 0.6 is 0 Å².